The van der Waals surface area contributed by atoms with Crippen molar-refractivity contribution < 1.29 is 28.7 Å². The van der Waals surface area contributed by atoms with Gasteiger partial charge in [0.15, 0.2) is 5.75 Å². The van der Waals surface area contributed by atoms with Crippen LogP contribution < -0.4 is 20.1 Å². The number of ether oxygens (including phenoxy) is 3. The fourth-order valence-electron chi connectivity index (χ4n) is 3.41. The zero-order valence-corrected chi connectivity index (χ0v) is 18.9. The molecule has 0 aliphatic carbocycles. The Balaban J connectivity index is 2.05. The van der Waals surface area contributed by atoms with E-state index in [4.69, 9.17) is 25.8 Å². The molecule has 11 heteroatoms. The Morgan fingerprint density at radius 2 is 2.03 bits per heavy atom. The van der Waals surface area contributed by atoms with Gasteiger partial charge in [-0.05, 0) is 43.2 Å². The number of carbonyl (C=O) groups excluding carboxylic acids is 2. The second-order valence-electron chi connectivity index (χ2n) is 7.04. The Morgan fingerprint density at radius 3 is 2.67 bits per heavy atom. The standard InChI is InChI=1S/C22H22ClN3O7/c1-4-32-21(27)18-12(2)24-22(28)25-19(18)14-9-16(26(29)30)20(17(10-14)31-3)33-11-13-6-5-7-15(23)8-13/h5-10,19H,4,11H2,1-3H3,(H2,24,25,28). The first kappa shape index (κ1) is 23.9. The molecule has 10 nitrogen and oxygen atoms in total. The average molecular weight is 476 g/mol. The zero-order chi connectivity index (χ0) is 24.1. The van der Waals surface area contributed by atoms with Gasteiger partial charge in [0.1, 0.15) is 6.61 Å². The van der Waals surface area contributed by atoms with Gasteiger partial charge in [0.2, 0.25) is 5.75 Å². The first-order chi connectivity index (χ1) is 15.7. The lowest BCUT2D eigenvalue weighted by atomic mass is 9.94. The molecule has 174 valence electrons. The SMILES string of the molecule is CCOC(=O)C1=C(C)NC(=O)NC1c1cc(OC)c(OCc2cccc(Cl)c2)c([N+](=O)[O-])c1. The highest BCUT2D eigenvalue weighted by atomic mass is 35.5. The quantitative estimate of drug-likeness (QED) is 0.335. The Kier molecular flexibility index (Phi) is 7.39. The van der Waals surface area contributed by atoms with Crippen LogP contribution in [0.4, 0.5) is 10.5 Å². The lowest BCUT2D eigenvalue weighted by molar-refractivity contribution is -0.386. The predicted octanol–water partition coefficient (Wildman–Crippen LogP) is 4.03. The number of rotatable bonds is 8. The lowest BCUT2D eigenvalue weighted by Crippen LogP contribution is -2.45. The molecule has 1 aliphatic rings. The van der Waals surface area contributed by atoms with E-state index < -0.39 is 23.0 Å². The number of hydrogen-bond donors (Lipinski definition) is 2. The summed E-state index contributed by atoms with van der Waals surface area (Å²) < 4.78 is 16.2. The summed E-state index contributed by atoms with van der Waals surface area (Å²) in [5, 5.41) is 17.5. The minimum absolute atomic E-state index is 0.00821. The molecule has 2 N–H and O–H groups in total. The predicted molar refractivity (Wildman–Crippen MR) is 119 cm³/mol. The number of nitrogens with zero attached hydrogens (tertiary/aromatic N) is 1. The highest BCUT2D eigenvalue weighted by Crippen LogP contribution is 2.42. The molecule has 0 radical (unpaired) electrons. The minimum Gasteiger partial charge on any atom is -0.493 e. The third-order valence-corrected chi connectivity index (χ3v) is 5.08. The molecule has 33 heavy (non-hydrogen) atoms. The summed E-state index contributed by atoms with van der Waals surface area (Å²) in [5.41, 5.74) is 0.980. The molecule has 1 heterocycles. The molecular weight excluding hydrogens is 454 g/mol. The molecular formula is C22H22ClN3O7. The van der Waals surface area contributed by atoms with Crippen LogP contribution in [0.3, 0.4) is 0 Å². The highest BCUT2D eigenvalue weighted by Gasteiger charge is 2.35. The fourth-order valence-corrected chi connectivity index (χ4v) is 3.63. The van der Waals surface area contributed by atoms with Gasteiger partial charge in [-0.25, -0.2) is 9.59 Å². The largest absolute Gasteiger partial charge is 0.493 e. The molecule has 0 saturated heterocycles. The van der Waals surface area contributed by atoms with E-state index in [1.165, 1.54) is 19.2 Å². The molecule has 2 amide bonds. The van der Waals surface area contributed by atoms with Crippen molar-refractivity contribution in [2.24, 2.45) is 0 Å². The van der Waals surface area contributed by atoms with Gasteiger partial charge in [-0.15, -0.1) is 0 Å². The molecule has 0 spiro atoms. The van der Waals surface area contributed by atoms with Crippen molar-refractivity contribution in [3.05, 3.63) is 73.9 Å². The maximum Gasteiger partial charge on any atom is 0.338 e. The van der Waals surface area contributed by atoms with E-state index in [-0.39, 0.29) is 47.2 Å². The number of halogens is 1. The van der Waals surface area contributed by atoms with Gasteiger partial charge >= 0.3 is 17.7 Å². The van der Waals surface area contributed by atoms with Crippen LogP contribution in [-0.4, -0.2) is 30.6 Å². The van der Waals surface area contributed by atoms with Crippen molar-refractivity contribution >= 4 is 29.3 Å². The van der Waals surface area contributed by atoms with Crippen LogP contribution >= 0.6 is 11.6 Å². The van der Waals surface area contributed by atoms with Crippen molar-refractivity contribution in [1.82, 2.24) is 10.6 Å². The number of benzene rings is 2. The number of carbonyl (C=O) groups is 2. The average Bonchev–Trinajstić information content (AvgIpc) is 2.76. The van der Waals surface area contributed by atoms with Crippen LogP contribution in [0.1, 0.15) is 31.0 Å². The summed E-state index contributed by atoms with van der Waals surface area (Å²) in [6.07, 6.45) is 0. The molecule has 0 fully saturated rings. The second-order valence-corrected chi connectivity index (χ2v) is 7.47. The number of hydrogen-bond acceptors (Lipinski definition) is 7. The molecule has 1 unspecified atom stereocenters. The van der Waals surface area contributed by atoms with E-state index in [0.717, 1.165) is 0 Å². The number of urea groups is 1. The van der Waals surface area contributed by atoms with Gasteiger partial charge in [-0.3, -0.25) is 10.1 Å². The Labute approximate surface area is 194 Å². The van der Waals surface area contributed by atoms with Gasteiger partial charge in [-0.2, -0.15) is 0 Å². The Bertz CT molecular complexity index is 1130. The maximum atomic E-state index is 12.6. The van der Waals surface area contributed by atoms with E-state index in [2.05, 4.69) is 10.6 Å². The van der Waals surface area contributed by atoms with Crippen LogP contribution in [0.15, 0.2) is 47.7 Å². The summed E-state index contributed by atoms with van der Waals surface area (Å²) >= 11 is 5.99. The number of esters is 1. The highest BCUT2D eigenvalue weighted by molar-refractivity contribution is 6.30. The summed E-state index contributed by atoms with van der Waals surface area (Å²) in [7, 11) is 1.34. The first-order valence-electron chi connectivity index (χ1n) is 9.94. The summed E-state index contributed by atoms with van der Waals surface area (Å²) in [5.74, 6) is -0.685. The van der Waals surface area contributed by atoms with Gasteiger partial charge in [-0.1, -0.05) is 23.7 Å². The van der Waals surface area contributed by atoms with Crippen molar-refractivity contribution in [2.75, 3.05) is 13.7 Å². The second kappa shape index (κ2) is 10.2. The molecule has 2 aromatic rings. The third kappa shape index (κ3) is 5.35. The number of allylic oxidation sites excluding steroid dienone is 1. The zero-order valence-electron chi connectivity index (χ0n) is 18.1. The molecule has 1 atom stereocenters. The van der Waals surface area contributed by atoms with E-state index in [9.17, 15) is 19.7 Å². The van der Waals surface area contributed by atoms with E-state index in [1.54, 1.807) is 38.1 Å². The minimum atomic E-state index is -0.993. The van der Waals surface area contributed by atoms with Crippen molar-refractivity contribution in [3.63, 3.8) is 0 Å². The van der Waals surface area contributed by atoms with Gasteiger partial charge in [0.25, 0.3) is 0 Å². The van der Waals surface area contributed by atoms with Crippen LogP contribution in [0.2, 0.25) is 5.02 Å². The van der Waals surface area contributed by atoms with E-state index in [0.29, 0.717) is 10.6 Å². The first-order valence-corrected chi connectivity index (χ1v) is 10.3. The van der Waals surface area contributed by atoms with Crippen molar-refractivity contribution in [2.45, 2.75) is 26.5 Å². The molecule has 0 bridgehead atoms. The lowest BCUT2D eigenvalue weighted by Gasteiger charge is -2.28. The molecule has 0 saturated carbocycles. The number of nitro benzene ring substituents is 1. The normalized spacial score (nSPS) is 15.4. The van der Waals surface area contributed by atoms with Gasteiger partial charge in [0.05, 0.1) is 30.3 Å². The van der Waals surface area contributed by atoms with Crippen LogP contribution in [0.5, 0.6) is 11.5 Å². The summed E-state index contributed by atoms with van der Waals surface area (Å²) in [6.45, 7) is 3.33. The fraction of sp³-hybridized carbons (Fsp3) is 0.273. The Morgan fingerprint density at radius 1 is 1.27 bits per heavy atom. The number of nitro groups is 1. The van der Waals surface area contributed by atoms with Crippen LogP contribution in [0, 0.1) is 10.1 Å². The Hall–Kier alpha value is -3.79. The van der Waals surface area contributed by atoms with E-state index >= 15 is 0 Å². The van der Waals surface area contributed by atoms with E-state index in [1.807, 2.05) is 0 Å². The molecule has 2 aromatic carbocycles. The molecule has 3 rings (SSSR count). The van der Waals surface area contributed by atoms with Gasteiger partial charge < -0.3 is 24.8 Å². The van der Waals surface area contributed by atoms with Crippen molar-refractivity contribution in [3.8, 4) is 11.5 Å². The summed E-state index contributed by atoms with van der Waals surface area (Å²) in [4.78, 5) is 35.9. The topological polar surface area (TPSA) is 129 Å². The van der Waals surface area contributed by atoms with Crippen LogP contribution in [-0.2, 0) is 16.1 Å². The third-order valence-electron chi connectivity index (χ3n) is 4.84. The number of nitrogens with one attached hydrogen (secondary N) is 2. The molecule has 1 aliphatic heterocycles. The van der Waals surface area contributed by atoms with Crippen LogP contribution in [0.25, 0.3) is 0 Å². The monoisotopic (exact) mass is 475 g/mol. The van der Waals surface area contributed by atoms with Crippen molar-refractivity contribution in [1.29, 1.82) is 0 Å². The van der Waals surface area contributed by atoms with Gasteiger partial charge in [0, 0.05) is 16.8 Å². The number of amides is 2. The summed E-state index contributed by atoms with van der Waals surface area (Å²) in [6, 6.07) is 8.04. The number of methoxy groups -OCH3 is 1. The smallest absolute Gasteiger partial charge is 0.338 e. The molecule has 0 aromatic heterocycles. The maximum absolute atomic E-state index is 12.6.